The summed E-state index contributed by atoms with van der Waals surface area (Å²) in [6.45, 7) is 0.0423. The van der Waals surface area contributed by atoms with Crippen LogP contribution < -0.4 is 11.2 Å². The number of fused-ring (bicyclic) bond motifs is 1. The number of hydrogen-bond acceptors (Lipinski definition) is 4. The maximum Gasteiger partial charge on any atom is 0.275 e. The summed E-state index contributed by atoms with van der Waals surface area (Å²) in [4.78, 5) is 23.5. The van der Waals surface area contributed by atoms with Gasteiger partial charge in [-0.3, -0.25) is 9.59 Å². The second-order valence-electron chi connectivity index (χ2n) is 5.68. The number of aromatic nitrogens is 1. The molecule has 0 aliphatic rings. The lowest BCUT2D eigenvalue weighted by Crippen LogP contribution is -2.18. The molecule has 0 spiro atoms. The van der Waals surface area contributed by atoms with Crippen molar-refractivity contribution in [1.82, 2.24) is 9.99 Å². The summed E-state index contributed by atoms with van der Waals surface area (Å²) < 4.78 is 2.74. The van der Waals surface area contributed by atoms with Gasteiger partial charge in [0.05, 0.1) is 16.3 Å². The number of hydrazone groups is 1. The van der Waals surface area contributed by atoms with Crippen LogP contribution in [-0.4, -0.2) is 27.7 Å². The van der Waals surface area contributed by atoms with E-state index in [4.69, 9.17) is 5.73 Å². The highest BCUT2D eigenvalue weighted by molar-refractivity contribution is 9.11. The van der Waals surface area contributed by atoms with E-state index in [9.17, 15) is 14.7 Å². The Morgan fingerprint density at radius 1 is 1.26 bits per heavy atom. The largest absolute Gasteiger partial charge is 0.506 e. The van der Waals surface area contributed by atoms with Crippen molar-refractivity contribution in [3.8, 4) is 5.75 Å². The van der Waals surface area contributed by atoms with Crippen LogP contribution in [0.1, 0.15) is 15.9 Å². The summed E-state index contributed by atoms with van der Waals surface area (Å²) in [5.41, 5.74) is 9.29. The minimum absolute atomic E-state index is 0.0423. The number of benzene rings is 2. The first-order valence-electron chi connectivity index (χ1n) is 7.74. The number of phenolic OH excluding ortho intramolecular Hbond substituents is 1. The lowest BCUT2D eigenvalue weighted by molar-refractivity contribution is -0.118. The molecular formula is C18H14Br2N4O3. The minimum Gasteiger partial charge on any atom is -0.506 e. The Morgan fingerprint density at radius 3 is 2.74 bits per heavy atom. The molecule has 2 amide bonds. The van der Waals surface area contributed by atoms with Crippen molar-refractivity contribution in [1.29, 1.82) is 0 Å². The van der Waals surface area contributed by atoms with Crippen LogP contribution in [0, 0.1) is 0 Å². The third-order valence-corrected chi connectivity index (χ3v) is 4.85. The molecule has 0 saturated carbocycles. The van der Waals surface area contributed by atoms with E-state index in [1.54, 1.807) is 16.8 Å². The van der Waals surface area contributed by atoms with Gasteiger partial charge in [-0.25, -0.2) is 5.43 Å². The van der Waals surface area contributed by atoms with Gasteiger partial charge in [-0.1, -0.05) is 34.1 Å². The van der Waals surface area contributed by atoms with Gasteiger partial charge in [0.25, 0.3) is 5.91 Å². The number of rotatable bonds is 5. The summed E-state index contributed by atoms with van der Waals surface area (Å²) in [6, 6.07) is 10.6. The standard InChI is InChI=1S/C18H14Br2N4O3/c19-11-5-13(17(26)14(20)6-11)18(27)23-22-7-10-8-24(9-16(21)25)15-4-2-1-3-12(10)15/h1-8,26H,9H2,(H2,21,25)(H,23,27)/b22-7-. The van der Waals surface area contributed by atoms with Crippen LogP contribution in [0.25, 0.3) is 10.9 Å². The Balaban J connectivity index is 1.85. The summed E-state index contributed by atoms with van der Waals surface area (Å²) in [6.07, 6.45) is 3.21. The molecule has 0 atom stereocenters. The zero-order chi connectivity index (χ0) is 19.6. The molecule has 0 radical (unpaired) electrons. The molecule has 3 aromatic rings. The van der Waals surface area contributed by atoms with Gasteiger partial charge < -0.3 is 15.4 Å². The first-order chi connectivity index (χ1) is 12.9. The van der Waals surface area contributed by atoms with Crippen molar-refractivity contribution in [3.63, 3.8) is 0 Å². The van der Waals surface area contributed by atoms with Crippen molar-refractivity contribution >= 4 is 60.8 Å². The van der Waals surface area contributed by atoms with Gasteiger partial charge in [-0.05, 0) is 34.1 Å². The summed E-state index contributed by atoms with van der Waals surface area (Å²) in [5.74, 6) is -1.20. The van der Waals surface area contributed by atoms with Crippen LogP contribution in [0.2, 0.25) is 0 Å². The molecule has 9 heteroatoms. The van der Waals surface area contributed by atoms with Crippen molar-refractivity contribution in [3.05, 3.63) is 62.7 Å². The highest BCUT2D eigenvalue weighted by Gasteiger charge is 2.14. The summed E-state index contributed by atoms with van der Waals surface area (Å²) >= 11 is 6.45. The fraction of sp³-hybridized carbons (Fsp3) is 0.0556. The Morgan fingerprint density at radius 2 is 2.00 bits per heavy atom. The first-order valence-corrected chi connectivity index (χ1v) is 9.33. The molecular weight excluding hydrogens is 480 g/mol. The normalized spacial score (nSPS) is 11.2. The molecule has 1 aromatic heterocycles. The zero-order valence-electron chi connectivity index (χ0n) is 13.8. The van der Waals surface area contributed by atoms with E-state index in [-0.39, 0.29) is 17.9 Å². The van der Waals surface area contributed by atoms with Gasteiger partial charge >= 0.3 is 0 Å². The number of phenols is 1. The number of amides is 2. The van der Waals surface area contributed by atoms with Crippen LogP contribution in [-0.2, 0) is 11.3 Å². The highest BCUT2D eigenvalue weighted by atomic mass is 79.9. The van der Waals surface area contributed by atoms with Gasteiger partial charge in [0.15, 0.2) is 0 Å². The predicted octanol–water partition coefficient (Wildman–Crippen LogP) is 3.12. The molecule has 138 valence electrons. The Hall–Kier alpha value is -2.65. The topological polar surface area (TPSA) is 110 Å². The zero-order valence-corrected chi connectivity index (χ0v) is 17.0. The monoisotopic (exact) mass is 492 g/mol. The molecule has 3 rings (SSSR count). The van der Waals surface area contributed by atoms with Crippen molar-refractivity contribution in [2.24, 2.45) is 10.8 Å². The fourth-order valence-corrected chi connectivity index (χ4v) is 3.86. The number of nitrogens with one attached hydrogen (secondary N) is 1. The second kappa shape index (κ2) is 7.93. The van der Waals surface area contributed by atoms with Crippen LogP contribution in [0.4, 0.5) is 0 Å². The van der Waals surface area contributed by atoms with E-state index in [2.05, 4.69) is 42.4 Å². The Kier molecular flexibility index (Phi) is 5.62. The van der Waals surface area contributed by atoms with Crippen LogP contribution in [0.15, 0.2) is 56.6 Å². The molecule has 4 N–H and O–H groups in total. The third kappa shape index (κ3) is 4.20. The number of hydrogen-bond donors (Lipinski definition) is 3. The molecule has 0 bridgehead atoms. The van der Waals surface area contributed by atoms with Crippen molar-refractivity contribution in [2.75, 3.05) is 0 Å². The number of carbonyl (C=O) groups excluding carboxylic acids is 2. The number of nitrogens with zero attached hydrogens (tertiary/aromatic N) is 2. The maximum absolute atomic E-state index is 12.3. The molecule has 0 aliphatic carbocycles. The van der Waals surface area contributed by atoms with Crippen molar-refractivity contribution < 1.29 is 14.7 Å². The van der Waals surface area contributed by atoms with E-state index in [0.29, 0.717) is 14.5 Å². The van der Waals surface area contributed by atoms with E-state index >= 15 is 0 Å². The first kappa shape index (κ1) is 19.1. The van der Waals surface area contributed by atoms with Crippen LogP contribution in [0.5, 0.6) is 5.75 Å². The molecule has 0 saturated heterocycles. The Labute approximate surface area is 171 Å². The quantitative estimate of drug-likeness (QED) is 0.375. The average molecular weight is 494 g/mol. The average Bonchev–Trinajstić information content (AvgIpc) is 2.95. The third-order valence-electron chi connectivity index (χ3n) is 3.79. The number of carbonyl (C=O) groups is 2. The van der Waals surface area contributed by atoms with E-state index < -0.39 is 11.8 Å². The summed E-state index contributed by atoms with van der Waals surface area (Å²) in [5, 5.41) is 14.8. The SMILES string of the molecule is NC(=O)Cn1cc(/C=N\NC(=O)c2cc(Br)cc(Br)c2O)c2ccccc21. The summed E-state index contributed by atoms with van der Waals surface area (Å²) in [7, 11) is 0. The smallest absolute Gasteiger partial charge is 0.275 e. The predicted molar refractivity (Wildman–Crippen MR) is 110 cm³/mol. The minimum atomic E-state index is -0.563. The fourth-order valence-electron chi connectivity index (χ4n) is 2.64. The van der Waals surface area contributed by atoms with Gasteiger partial charge in [0.1, 0.15) is 12.3 Å². The lowest BCUT2D eigenvalue weighted by atomic mass is 10.2. The number of nitrogens with two attached hydrogens (primary N) is 1. The molecule has 2 aromatic carbocycles. The molecule has 0 aliphatic heterocycles. The lowest BCUT2D eigenvalue weighted by Gasteiger charge is -2.05. The molecule has 0 unspecified atom stereocenters. The maximum atomic E-state index is 12.3. The molecule has 7 nitrogen and oxygen atoms in total. The number of primary amides is 1. The van der Waals surface area contributed by atoms with Gasteiger partial charge in [-0.2, -0.15) is 5.10 Å². The highest BCUT2D eigenvalue weighted by Crippen LogP contribution is 2.31. The number of aromatic hydroxyl groups is 1. The van der Waals surface area contributed by atoms with Gasteiger partial charge in [-0.15, -0.1) is 0 Å². The molecule has 27 heavy (non-hydrogen) atoms. The van der Waals surface area contributed by atoms with Gasteiger partial charge in [0.2, 0.25) is 5.91 Å². The molecule has 0 fully saturated rings. The van der Waals surface area contributed by atoms with Crippen LogP contribution in [0.3, 0.4) is 0 Å². The van der Waals surface area contributed by atoms with E-state index in [1.165, 1.54) is 12.3 Å². The van der Waals surface area contributed by atoms with E-state index in [1.807, 2.05) is 24.3 Å². The second-order valence-corrected chi connectivity index (χ2v) is 7.45. The van der Waals surface area contributed by atoms with Gasteiger partial charge in [0, 0.05) is 27.1 Å². The molecule has 1 heterocycles. The Bertz CT molecular complexity index is 1080. The van der Waals surface area contributed by atoms with Crippen molar-refractivity contribution in [2.45, 2.75) is 6.54 Å². The number of halogens is 2. The van der Waals surface area contributed by atoms with E-state index in [0.717, 1.165) is 10.9 Å². The number of para-hydroxylation sites is 1. The van der Waals surface area contributed by atoms with Crippen LogP contribution >= 0.6 is 31.9 Å².